The Morgan fingerprint density at radius 3 is 2.20 bits per heavy atom. The molecule has 25 heavy (non-hydrogen) atoms. The normalized spacial score (nSPS) is 11.4. The summed E-state index contributed by atoms with van der Waals surface area (Å²) in [7, 11) is 0.498. The molecule has 3 rings (SSSR count). The van der Waals surface area contributed by atoms with Crippen molar-refractivity contribution in [1.82, 2.24) is 0 Å². The summed E-state index contributed by atoms with van der Waals surface area (Å²) < 4.78 is 7.72. The van der Waals surface area contributed by atoms with Gasteiger partial charge in [-0.05, 0) is 53.2 Å². The number of fused-ring (bicyclic) bond motifs is 1. The van der Waals surface area contributed by atoms with E-state index in [2.05, 4.69) is 37.9 Å². The Balaban J connectivity index is 1.98. The third-order valence-corrected chi connectivity index (χ3v) is 4.80. The van der Waals surface area contributed by atoms with Crippen molar-refractivity contribution in [2.75, 3.05) is 0 Å². The lowest BCUT2D eigenvalue weighted by Gasteiger charge is -2.11. The van der Waals surface area contributed by atoms with Crippen LogP contribution in [0.1, 0.15) is 15.9 Å². The first-order valence-corrected chi connectivity index (χ1v) is 9.49. The van der Waals surface area contributed by atoms with Gasteiger partial charge in [-0.1, -0.05) is 56.9 Å². The van der Waals surface area contributed by atoms with Gasteiger partial charge in [0.15, 0.2) is 5.78 Å². The summed E-state index contributed by atoms with van der Waals surface area (Å²) >= 11 is 6.86. The lowest BCUT2D eigenvalue weighted by molar-refractivity contribution is 0.104. The zero-order valence-electron chi connectivity index (χ0n) is 13.6. The molecule has 0 spiro atoms. The first-order valence-electron chi connectivity index (χ1n) is 7.91. The lowest BCUT2D eigenvalue weighted by Crippen LogP contribution is -2.00. The molecular weight excluding hydrogens is 443 g/mol. The summed E-state index contributed by atoms with van der Waals surface area (Å²) in [5.41, 5.74) is 1.52. The average molecular weight is 458 g/mol. The molecular formula is C20H15BBr2O2. The fraction of sp³-hybridized carbons (Fsp3) is 0.0500. The third-order valence-electron chi connectivity index (χ3n) is 3.78. The van der Waals surface area contributed by atoms with Crippen LogP contribution in [0.2, 0.25) is 6.82 Å². The first kappa shape index (κ1) is 18.0. The Bertz CT molecular complexity index is 950. The number of rotatable bonds is 5. The number of carbonyl (C=O) groups is 1. The van der Waals surface area contributed by atoms with E-state index in [0.29, 0.717) is 18.8 Å². The minimum atomic E-state index is -0.0770. The molecule has 0 fully saturated rings. The maximum atomic E-state index is 12.5. The predicted octanol–water partition coefficient (Wildman–Crippen LogP) is 6.00. The summed E-state index contributed by atoms with van der Waals surface area (Å²) in [5.74, 6) is 0.507. The Morgan fingerprint density at radius 1 is 0.880 bits per heavy atom. The van der Waals surface area contributed by atoms with Crippen molar-refractivity contribution in [1.29, 1.82) is 0 Å². The van der Waals surface area contributed by atoms with Gasteiger partial charge in [0.1, 0.15) is 5.76 Å². The van der Waals surface area contributed by atoms with Gasteiger partial charge in [0.05, 0.1) is 0 Å². The zero-order valence-corrected chi connectivity index (χ0v) is 16.8. The van der Waals surface area contributed by atoms with E-state index in [4.69, 9.17) is 4.65 Å². The summed E-state index contributed by atoms with van der Waals surface area (Å²) in [4.78, 5) is 12.5. The van der Waals surface area contributed by atoms with Crippen molar-refractivity contribution in [2.45, 2.75) is 6.82 Å². The van der Waals surface area contributed by atoms with Crippen LogP contribution in [0, 0.1) is 0 Å². The number of carbonyl (C=O) groups excluding carboxylic acids is 1. The molecule has 0 bridgehead atoms. The van der Waals surface area contributed by atoms with Crippen LogP contribution in [0.5, 0.6) is 0 Å². The van der Waals surface area contributed by atoms with E-state index in [1.165, 1.54) is 0 Å². The Morgan fingerprint density at radius 2 is 1.48 bits per heavy atom. The molecule has 0 aromatic heterocycles. The number of allylic oxidation sites excluding steroid dienone is 1. The molecule has 2 nitrogen and oxygen atoms in total. The van der Waals surface area contributed by atoms with Gasteiger partial charge in [-0.3, -0.25) is 4.79 Å². The standard InChI is InChI=1S/C20H15BBr2O2/c1-21-25-20(12-19(24)13-4-7-17(22)8-5-13)16-3-2-15-11-18(23)9-6-14(15)10-16/h2-12,21H,1H3/b20-12-. The molecule has 0 saturated carbocycles. The highest BCUT2D eigenvalue weighted by molar-refractivity contribution is 9.10. The van der Waals surface area contributed by atoms with E-state index in [9.17, 15) is 4.79 Å². The van der Waals surface area contributed by atoms with Crippen molar-refractivity contribution < 1.29 is 9.45 Å². The largest absolute Gasteiger partial charge is 0.564 e. The van der Waals surface area contributed by atoms with Crippen LogP contribution >= 0.6 is 31.9 Å². The van der Waals surface area contributed by atoms with Gasteiger partial charge in [0.2, 0.25) is 0 Å². The Kier molecular flexibility index (Phi) is 5.76. The topological polar surface area (TPSA) is 26.3 Å². The number of halogens is 2. The van der Waals surface area contributed by atoms with Crippen molar-refractivity contribution >= 4 is 61.7 Å². The summed E-state index contributed by atoms with van der Waals surface area (Å²) in [6.45, 7) is 1.91. The minimum Gasteiger partial charge on any atom is -0.564 e. The van der Waals surface area contributed by atoms with Gasteiger partial charge in [-0.15, -0.1) is 0 Å². The Hall–Kier alpha value is -1.85. The van der Waals surface area contributed by atoms with Crippen molar-refractivity contribution in [3.8, 4) is 0 Å². The highest BCUT2D eigenvalue weighted by Crippen LogP contribution is 2.25. The second-order valence-corrected chi connectivity index (χ2v) is 7.35. The molecule has 0 atom stereocenters. The maximum Gasteiger partial charge on any atom is 0.336 e. The average Bonchev–Trinajstić information content (AvgIpc) is 2.61. The molecule has 0 saturated heterocycles. The molecule has 5 heteroatoms. The van der Waals surface area contributed by atoms with Crippen LogP contribution in [0.15, 0.2) is 75.7 Å². The van der Waals surface area contributed by atoms with Crippen molar-refractivity contribution in [3.63, 3.8) is 0 Å². The summed E-state index contributed by atoms with van der Waals surface area (Å²) in [6.07, 6.45) is 1.56. The summed E-state index contributed by atoms with van der Waals surface area (Å²) in [5, 5.41) is 2.23. The van der Waals surface area contributed by atoms with Crippen molar-refractivity contribution in [2.24, 2.45) is 0 Å². The zero-order chi connectivity index (χ0) is 17.8. The predicted molar refractivity (Wildman–Crippen MR) is 112 cm³/mol. The van der Waals surface area contributed by atoms with Crippen LogP contribution in [0.3, 0.4) is 0 Å². The van der Waals surface area contributed by atoms with E-state index < -0.39 is 0 Å². The van der Waals surface area contributed by atoms with Crippen molar-refractivity contribution in [3.05, 3.63) is 86.8 Å². The molecule has 0 aliphatic carbocycles. The van der Waals surface area contributed by atoms with Gasteiger partial charge in [-0.2, -0.15) is 0 Å². The van der Waals surface area contributed by atoms with Crippen LogP contribution < -0.4 is 0 Å². The van der Waals surface area contributed by atoms with Crippen LogP contribution in [-0.2, 0) is 4.65 Å². The molecule has 3 aromatic rings. The van der Waals surface area contributed by atoms with E-state index in [-0.39, 0.29) is 5.78 Å². The van der Waals surface area contributed by atoms with Crippen LogP contribution in [0.25, 0.3) is 16.5 Å². The lowest BCUT2D eigenvalue weighted by atomic mass is 10.0. The van der Waals surface area contributed by atoms with Crippen LogP contribution in [-0.4, -0.2) is 13.3 Å². The highest BCUT2D eigenvalue weighted by Gasteiger charge is 2.09. The smallest absolute Gasteiger partial charge is 0.336 e. The van der Waals surface area contributed by atoms with E-state index in [1.807, 2.05) is 49.3 Å². The van der Waals surface area contributed by atoms with E-state index in [1.54, 1.807) is 18.2 Å². The van der Waals surface area contributed by atoms with Gasteiger partial charge in [-0.25, -0.2) is 0 Å². The number of hydrogen-bond donors (Lipinski definition) is 0. The first-order chi connectivity index (χ1) is 12.1. The molecule has 0 heterocycles. The fourth-order valence-electron chi connectivity index (χ4n) is 2.55. The number of benzene rings is 3. The molecule has 0 N–H and O–H groups in total. The molecule has 0 aliphatic heterocycles. The van der Waals surface area contributed by atoms with Gasteiger partial charge < -0.3 is 4.65 Å². The van der Waals surface area contributed by atoms with Gasteiger partial charge >= 0.3 is 7.48 Å². The number of ketones is 1. The summed E-state index contributed by atoms with van der Waals surface area (Å²) in [6, 6.07) is 19.5. The Labute approximate surface area is 164 Å². The van der Waals surface area contributed by atoms with E-state index >= 15 is 0 Å². The minimum absolute atomic E-state index is 0.0770. The van der Waals surface area contributed by atoms with E-state index in [0.717, 1.165) is 25.3 Å². The third kappa shape index (κ3) is 4.41. The molecule has 3 aromatic carbocycles. The molecule has 0 radical (unpaired) electrons. The molecule has 0 unspecified atom stereocenters. The maximum absolute atomic E-state index is 12.5. The quantitative estimate of drug-likeness (QED) is 0.203. The fourth-order valence-corrected chi connectivity index (χ4v) is 3.19. The second kappa shape index (κ2) is 8.02. The van der Waals surface area contributed by atoms with Gasteiger partial charge in [0.25, 0.3) is 0 Å². The van der Waals surface area contributed by atoms with Gasteiger partial charge in [0, 0.05) is 26.1 Å². The van der Waals surface area contributed by atoms with Crippen LogP contribution in [0.4, 0.5) is 0 Å². The second-order valence-electron chi connectivity index (χ2n) is 5.52. The SMILES string of the molecule is CBO/C(=C\C(=O)c1ccc(Br)cc1)c1ccc2cc(Br)ccc2c1. The monoisotopic (exact) mass is 456 g/mol. The highest BCUT2D eigenvalue weighted by atomic mass is 79.9. The molecule has 124 valence electrons. The molecule has 0 aliphatic rings. The molecule has 0 amide bonds. The number of hydrogen-bond acceptors (Lipinski definition) is 2.